The molecule has 2 rings (SSSR count). The summed E-state index contributed by atoms with van der Waals surface area (Å²) in [6, 6.07) is 15.0. The molecular weight excluding hydrogens is 392 g/mol. The van der Waals surface area contributed by atoms with Crippen molar-refractivity contribution in [2.24, 2.45) is 0 Å². The predicted molar refractivity (Wildman–Crippen MR) is 106 cm³/mol. The van der Waals surface area contributed by atoms with Crippen molar-refractivity contribution in [2.75, 3.05) is 6.54 Å². The Bertz CT molecular complexity index is 825. The number of hydrogen-bond acceptors (Lipinski definition) is 3. The molecule has 0 aliphatic carbocycles. The topological polar surface area (TPSA) is 53.3 Å². The highest BCUT2D eigenvalue weighted by molar-refractivity contribution is 9.10. The molecule has 0 heterocycles. The Labute approximate surface area is 162 Å². The van der Waals surface area contributed by atoms with Crippen LogP contribution in [0.2, 0.25) is 0 Å². The zero-order chi connectivity index (χ0) is 19.1. The number of nitriles is 1. The molecule has 2 aromatic rings. The molecular formula is C21H21BrN2O2. The summed E-state index contributed by atoms with van der Waals surface area (Å²) in [6.07, 6.45) is 1.06. The molecule has 0 aliphatic rings. The number of ether oxygens (including phenoxy) is 1. The average Bonchev–Trinajstić information content (AvgIpc) is 2.63. The Morgan fingerprint density at radius 3 is 2.62 bits per heavy atom. The van der Waals surface area contributed by atoms with Crippen LogP contribution in [0.4, 0.5) is 0 Å². The monoisotopic (exact) mass is 412 g/mol. The van der Waals surface area contributed by atoms with Gasteiger partial charge in [0.1, 0.15) is 5.75 Å². The minimum absolute atomic E-state index is 0.123. The molecule has 5 heteroatoms. The third-order valence-electron chi connectivity index (χ3n) is 3.86. The molecule has 2 aromatic carbocycles. The number of benzene rings is 2. The Balaban J connectivity index is 2.10. The van der Waals surface area contributed by atoms with Crippen LogP contribution in [0.1, 0.15) is 23.6 Å². The zero-order valence-corrected chi connectivity index (χ0v) is 16.5. The number of rotatable bonds is 7. The summed E-state index contributed by atoms with van der Waals surface area (Å²) in [5.74, 6) is 0.509. The Hall–Kier alpha value is -2.58. The minimum Gasteiger partial charge on any atom is -0.480 e. The van der Waals surface area contributed by atoms with E-state index in [9.17, 15) is 4.79 Å². The van der Waals surface area contributed by atoms with Crippen molar-refractivity contribution >= 4 is 21.8 Å². The fraction of sp³-hybridized carbons (Fsp3) is 0.238. The SMILES string of the molecule is C=CCN(Cc1ccc(C#N)cc1)C(=O)C(C)Oc1ccc(C)cc1Br. The number of amides is 1. The van der Waals surface area contributed by atoms with Gasteiger partial charge in [-0.25, -0.2) is 0 Å². The van der Waals surface area contributed by atoms with Gasteiger partial charge in [0.05, 0.1) is 16.1 Å². The van der Waals surface area contributed by atoms with Gasteiger partial charge in [-0.05, 0) is 65.2 Å². The first-order valence-electron chi connectivity index (χ1n) is 8.26. The summed E-state index contributed by atoms with van der Waals surface area (Å²) in [6.45, 7) is 8.31. The van der Waals surface area contributed by atoms with Crippen LogP contribution in [0.3, 0.4) is 0 Å². The first-order valence-corrected chi connectivity index (χ1v) is 9.05. The van der Waals surface area contributed by atoms with Crippen LogP contribution in [0.5, 0.6) is 5.75 Å². The van der Waals surface area contributed by atoms with Gasteiger partial charge in [0.25, 0.3) is 5.91 Å². The zero-order valence-electron chi connectivity index (χ0n) is 14.9. The first kappa shape index (κ1) is 19.7. The Morgan fingerprint density at radius 2 is 2.04 bits per heavy atom. The van der Waals surface area contributed by atoms with E-state index < -0.39 is 6.10 Å². The van der Waals surface area contributed by atoms with Crippen LogP contribution in [0.15, 0.2) is 59.6 Å². The van der Waals surface area contributed by atoms with Crippen molar-refractivity contribution in [1.29, 1.82) is 5.26 Å². The minimum atomic E-state index is -0.632. The van der Waals surface area contributed by atoms with Gasteiger partial charge in [-0.15, -0.1) is 6.58 Å². The van der Waals surface area contributed by atoms with Crippen molar-refractivity contribution in [3.05, 3.63) is 76.3 Å². The summed E-state index contributed by atoms with van der Waals surface area (Å²) in [4.78, 5) is 14.5. The standard InChI is InChI=1S/C21H21BrN2O2/c1-4-11-24(14-18-8-6-17(13-23)7-9-18)21(25)16(3)26-20-10-5-15(2)12-19(20)22/h4-10,12,16H,1,11,14H2,2-3H3. The third-order valence-corrected chi connectivity index (χ3v) is 4.48. The van der Waals surface area contributed by atoms with E-state index in [0.29, 0.717) is 24.4 Å². The molecule has 1 unspecified atom stereocenters. The van der Waals surface area contributed by atoms with E-state index in [0.717, 1.165) is 15.6 Å². The molecule has 4 nitrogen and oxygen atoms in total. The summed E-state index contributed by atoms with van der Waals surface area (Å²) < 4.78 is 6.67. The van der Waals surface area contributed by atoms with Crippen LogP contribution >= 0.6 is 15.9 Å². The molecule has 1 atom stereocenters. The Kier molecular flexibility index (Phi) is 6.99. The molecule has 0 saturated carbocycles. The summed E-state index contributed by atoms with van der Waals surface area (Å²) in [5, 5.41) is 8.89. The van der Waals surface area contributed by atoms with E-state index in [4.69, 9.17) is 10.00 Å². The molecule has 134 valence electrons. The fourth-order valence-electron chi connectivity index (χ4n) is 2.49. The maximum Gasteiger partial charge on any atom is 0.263 e. The third kappa shape index (κ3) is 5.21. The maximum atomic E-state index is 12.8. The van der Waals surface area contributed by atoms with Crippen LogP contribution in [-0.2, 0) is 11.3 Å². The average molecular weight is 413 g/mol. The second kappa shape index (κ2) is 9.21. The van der Waals surface area contributed by atoms with Crippen molar-refractivity contribution in [3.8, 4) is 11.8 Å². The fourth-order valence-corrected chi connectivity index (χ4v) is 3.08. The van der Waals surface area contributed by atoms with Gasteiger partial charge >= 0.3 is 0 Å². The molecule has 0 saturated heterocycles. The normalized spacial score (nSPS) is 11.3. The highest BCUT2D eigenvalue weighted by Crippen LogP contribution is 2.27. The second-order valence-corrected chi connectivity index (χ2v) is 6.86. The van der Waals surface area contributed by atoms with Crippen LogP contribution < -0.4 is 4.74 Å². The van der Waals surface area contributed by atoms with Gasteiger partial charge < -0.3 is 9.64 Å². The van der Waals surface area contributed by atoms with E-state index in [1.807, 2.05) is 37.3 Å². The van der Waals surface area contributed by atoms with E-state index in [1.165, 1.54) is 0 Å². The molecule has 0 N–H and O–H groups in total. The highest BCUT2D eigenvalue weighted by Gasteiger charge is 2.22. The van der Waals surface area contributed by atoms with Crippen molar-refractivity contribution in [3.63, 3.8) is 0 Å². The van der Waals surface area contributed by atoms with E-state index in [2.05, 4.69) is 28.6 Å². The quantitative estimate of drug-likeness (QED) is 0.623. The van der Waals surface area contributed by atoms with E-state index in [-0.39, 0.29) is 5.91 Å². The van der Waals surface area contributed by atoms with E-state index >= 15 is 0 Å². The summed E-state index contributed by atoms with van der Waals surface area (Å²) in [7, 11) is 0. The van der Waals surface area contributed by atoms with Crippen molar-refractivity contribution in [1.82, 2.24) is 4.90 Å². The molecule has 0 fully saturated rings. The smallest absolute Gasteiger partial charge is 0.263 e. The number of nitrogens with zero attached hydrogens (tertiary/aromatic N) is 2. The second-order valence-electron chi connectivity index (χ2n) is 6.01. The van der Waals surface area contributed by atoms with Gasteiger partial charge in [0, 0.05) is 13.1 Å². The molecule has 26 heavy (non-hydrogen) atoms. The number of halogens is 1. The lowest BCUT2D eigenvalue weighted by atomic mass is 10.1. The molecule has 0 spiro atoms. The number of carbonyl (C=O) groups excluding carboxylic acids is 1. The summed E-state index contributed by atoms with van der Waals surface area (Å²) >= 11 is 3.47. The number of aryl methyl sites for hydroxylation is 1. The molecule has 0 aromatic heterocycles. The molecule has 1 amide bonds. The lowest BCUT2D eigenvalue weighted by molar-refractivity contribution is -0.138. The number of carbonyl (C=O) groups is 1. The van der Waals surface area contributed by atoms with Crippen molar-refractivity contribution in [2.45, 2.75) is 26.5 Å². The largest absolute Gasteiger partial charge is 0.480 e. The molecule has 0 aliphatic heterocycles. The van der Waals surface area contributed by atoms with Crippen LogP contribution in [0, 0.1) is 18.3 Å². The van der Waals surface area contributed by atoms with Gasteiger partial charge in [-0.3, -0.25) is 4.79 Å². The van der Waals surface area contributed by atoms with Gasteiger partial charge in [0.15, 0.2) is 6.10 Å². The Morgan fingerprint density at radius 1 is 1.35 bits per heavy atom. The summed E-state index contributed by atoms with van der Waals surface area (Å²) in [5.41, 5.74) is 2.65. The number of hydrogen-bond donors (Lipinski definition) is 0. The first-order chi connectivity index (χ1) is 12.4. The maximum absolute atomic E-state index is 12.8. The predicted octanol–water partition coefficient (Wildman–Crippen LogP) is 4.61. The van der Waals surface area contributed by atoms with Crippen molar-refractivity contribution < 1.29 is 9.53 Å². The van der Waals surface area contributed by atoms with Gasteiger partial charge in [-0.1, -0.05) is 24.3 Å². The molecule has 0 radical (unpaired) electrons. The van der Waals surface area contributed by atoms with Crippen LogP contribution in [-0.4, -0.2) is 23.5 Å². The van der Waals surface area contributed by atoms with Gasteiger partial charge in [-0.2, -0.15) is 5.26 Å². The molecule has 0 bridgehead atoms. The lowest BCUT2D eigenvalue weighted by Crippen LogP contribution is -2.40. The lowest BCUT2D eigenvalue weighted by Gasteiger charge is -2.25. The van der Waals surface area contributed by atoms with Gasteiger partial charge in [0.2, 0.25) is 0 Å². The highest BCUT2D eigenvalue weighted by atomic mass is 79.9. The van der Waals surface area contributed by atoms with E-state index in [1.54, 1.807) is 30.0 Å². The van der Waals surface area contributed by atoms with Crippen LogP contribution in [0.25, 0.3) is 0 Å².